The molecule has 0 spiro atoms. The van der Waals surface area contributed by atoms with E-state index >= 15 is 0 Å². The Morgan fingerprint density at radius 1 is 0.750 bits per heavy atom. The average molecular weight is 476 g/mol. The molecule has 0 amide bonds. The van der Waals surface area contributed by atoms with E-state index in [1.807, 2.05) is 110 Å². The van der Waals surface area contributed by atoms with Crippen LogP contribution >= 0.6 is 0 Å². The molecule has 5 heteroatoms. The molecule has 0 saturated carbocycles. The predicted octanol–water partition coefficient (Wildman–Crippen LogP) is 6.50. The third kappa shape index (κ3) is 5.53. The summed E-state index contributed by atoms with van der Waals surface area (Å²) in [6.07, 6.45) is 1.70. The minimum Gasteiger partial charge on any atom is -0.485 e. The summed E-state index contributed by atoms with van der Waals surface area (Å²) in [7, 11) is 0. The highest BCUT2D eigenvalue weighted by molar-refractivity contribution is 6.13. The Labute approximate surface area is 210 Å². The van der Waals surface area contributed by atoms with E-state index in [1.165, 1.54) is 0 Å². The van der Waals surface area contributed by atoms with Crippen molar-refractivity contribution in [1.82, 2.24) is 0 Å². The van der Waals surface area contributed by atoms with Crippen LogP contribution in [0.15, 0.2) is 114 Å². The lowest BCUT2D eigenvalue weighted by Gasteiger charge is -2.14. The van der Waals surface area contributed by atoms with Crippen LogP contribution in [0.25, 0.3) is 6.08 Å². The lowest BCUT2D eigenvalue weighted by Crippen LogP contribution is -2.06. The summed E-state index contributed by atoms with van der Waals surface area (Å²) >= 11 is 0. The van der Waals surface area contributed by atoms with Gasteiger partial charge in [-0.25, -0.2) is 9.79 Å². The second kappa shape index (κ2) is 10.7. The van der Waals surface area contributed by atoms with Gasteiger partial charge in [-0.2, -0.15) is 0 Å². The molecule has 0 radical (unpaired) electrons. The molecule has 0 bridgehead atoms. The number of esters is 1. The first-order valence-electron chi connectivity index (χ1n) is 11.7. The molecule has 1 heterocycles. The Bertz CT molecular complexity index is 1430. The normalized spacial score (nSPS) is 13.9. The minimum atomic E-state index is -0.482. The number of aliphatic imine (C=N–C) groups is 1. The van der Waals surface area contributed by atoms with Gasteiger partial charge in [0, 0.05) is 5.56 Å². The van der Waals surface area contributed by atoms with Crippen molar-refractivity contribution in [3.05, 3.63) is 137 Å². The average Bonchev–Trinajstić information content (AvgIpc) is 3.27. The van der Waals surface area contributed by atoms with Crippen molar-refractivity contribution in [3.8, 4) is 11.5 Å². The minimum absolute atomic E-state index is 0.236. The fourth-order valence-corrected chi connectivity index (χ4v) is 3.81. The zero-order valence-corrected chi connectivity index (χ0v) is 19.9. The maximum Gasteiger partial charge on any atom is 0.363 e. The number of rotatable bonds is 8. The molecular formula is C31H25NO4. The molecule has 0 aromatic heterocycles. The molecule has 0 saturated heterocycles. The number of nitrogens with zero attached hydrogens (tertiary/aromatic N) is 1. The number of hydrogen-bond donors (Lipinski definition) is 0. The van der Waals surface area contributed by atoms with Crippen molar-refractivity contribution in [2.45, 2.75) is 20.1 Å². The van der Waals surface area contributed by atoms with Gasteiger partial charge in [-0.15, -0.1) is 0 Å². The SMILES string of the molecule is Cc1ccccc1C1=N/C(=C/c2ccc(OCc3ccccc3)c(OCc3ccccc3)c2)C(=O)O1. The van der Waals surface area contributed by atoms with E-state index in [0.29, 0.717) is 30.6 Å². The van der Waals surface area contributed by atoms with Crippen molar-refractivity contribution >= 4 is 17.9 Å². The van der Waals surface area contributed by atoms with E-state index in [2.05, 4.69) is 4.99 Å². The van der Waals surface area contributed by atoms with Crippen LogP contribution in [0.4, 0.5) is 0 Å². The van der Waals surface area contributed by atoms with Crippen LogP contribution in [-0.4, -0.2) is 11.9 Å². The zero-order chi connectivity index (χ0) is 24.7. The Hall–Kier alpha value is -4.64. The molecule has 0 N–H and O–H groups in total. The lowest BCUT2D eigenvalue weighted by atomic mass is 10.1. The Morgan fingerprint density at radius 3 is 2.03 bits per heavy atom. The van der Waals surface area contributed by atoms with Gasteiger partial charge in [-0.3, -0.25) is 0 Å². The summed E-state index contributed by atoms with van der Waals surface area (Å²) in [6, 6.07) is 33.1. The largest absolute Gasteiger partial charge is 0.485 e. The fourth-order valence-electron chi connectivity index (χ4n) is 3.81. The highest BCUT2D eigenvalue weighted by atomic mass is 16.6. The van der Waals surface area contributed by atoms with Gasteiger partial charge >= 0.3 is 5.97 Å². The van der Waals surface area contributed by atoms with Crippen molar-refractivity contribution in [1.29, 1.82) is 0 Å². The van der Waals surface area contributed by atoms with E-state index in [-0.39, 0.29) is 5.70 Å². The molecular weight excluding hydrogens is 450 g/mol. The molecule has 0 atom stereocenters. The molecule has 4 aromatic rings. The van der Waals surface area contributed by atoms with Crippen molar-refractivity contribution < 1.29 is 19.0 Å². The summed E-state index contributed by atoms with van der Waals surface area (Å²) in [5.41, 5.74) is 4.88. The van der Waals surface area contributed by atoms with Gasteiger partial charge in [0.15, 0.2) is 17.2 Å². The molecule has 0 unspecified atom stereocenters. The molecule has 0 fully saturated rings. The first kappa shape index (κ1) is 23.1. The molecule has 1 aliphatic heterocycles. The third-order valence-corrected chi connectivity index (χ3v) is 5.74. The summed E-state index contributed by atoms with van der Waals surface area (Å²) in [4.78, 5) is 17.0. The van der Waals surface area contributed by atoms with Crippen molar-refractivity contribution in [2.24, 2.45) is 4.99 Å². The van der Waals surface area contributed by atoms with Gasteiger partial charge in [0.2, 0.25) is 5.90 Å². The van der Waals surface area contributed by atoms with Gasteiger partial charge in [0.25, 0.3) is 0 Å². The van der Waals surface area contributed by atoms with Gasteiger partial charge in [0.1, 0.15) is 13.2 Å². The van der Waals surface area contributed by atoms with Crippen molar-refractivity contribution in [2.75, 3.05) is 0 Å². The van der Waals surface area contributed by atoms with E-state index < -0.39 is 5.97 Å². The number of benzene rings is 4. The number of aryl methyl sites for hydroxylation is 1. The summed E-state index contributed by atoms with van der Waals surface area (Å²) in [5.74, 6) is 1.03. The molecule has 5 rings (SSSR count). The van der Waals surface area contributed by atoms with Gasteiger partial charge in [-0.1, -0.05) is 84.9 Å². The molecule has 5 nitrogen and oxygen atoms in total. The maximum absolute atomic E-state index is 12.5. The lowest BCUT2D eigenvalue weighted by molar-refractivity contribution is -0.129. The third-order valence-electron chi connectivity index (χ3n) is 5.74. The monoisotopic (exact) mass is 475 g/mol. The van der Waals surface area contributed by atoms with Crippen LogP contribution in [0.5, 0.6) is 11.5 Å². The maximum atomic E-state index is 12.5. The fraction of sp³-hybridized carbons (Fsp3) is 0.0968. The number of cyclic esters (lactones) is 1. The summed E-state index contributed by atoms with van der Waals surface area (Å²) < 4.78 is 17.7. The van der Waals surface area contributed by atoms with Crippen LogP contribution in [0.2, 0.25) is 0 Å². The standard InChI is InChI=1S/C31H25NO4/c1-22-10-8-9-15-26(22)30-32-27(31(33)36-30)18-25-16-17-28(34-20-23-11-4-2-5-12-23)29(19-25)35-21-24-13-6-3-7-14-24/h2-19H,20-21H2,1H3/b27-18+. The predicted molar refractivity (Wildman–Crippen MR) is 140 cm³/mol. The highest BCUT2D eigenvalue weighted by Crippen LogP contribution is 2.32. The zero-order valence-electron chi connectivity index (χ0n) is 19.9. The van der Waals surface area contributed by atoms with Gasteiger partial charge in [0.05, 0.1) is 0 Å². The number of carbonyl (C=O) groups excluding carboxylic acids is 1. The summed E-state index contributed by atoms with van der Waals surface area (Å²) in [6.45, 7) is 2.76. The van der Waals surface area contributed by atoms with E-state index in [0.717, 1.165) is 27.8 Å². The number of hydrogen-bond acceptors (Lipinski definition) is 5. The Morgan fingerprint density at radius 2 is 1.36 bits per heavy atom. The quantitative estimate of drug-likeness (QED) is 0.216. The Balaban J connectivity index is 1.41. The number of carbonyl (C=O) groups is 1. The second-order valence-electron chi connectivity index (χ2n) is 8.41. The van der Waals surface area contributed by atoms with Crippen LogP contribution in [-0.2, 0) is 22.7 Å². The van der Waals surface area contributed by atoms with Gasteiger partial charge < -0.3 is 14.2 Å². The molecule has 178 valence electrons. The number of ether oxygens (including phenoxy) is 3. The highest BCUT2D eigenvalue weighted by Gasteiger charge is 2.25. The smallest absolute Gasteiger partial charge is 0.363 e. The van der Waals surface area contributed by atoms with E-state index in [1.54, 1.807) is 6.08 Å². The first-order chi connectivity index (χ1) is 17.7. The summed E-state index contributed by atoms with van der Waals surface area (Å²) in [5, 5.41) is 0. The molecule has 0 aliphatic carbocycles. The van der Waals surface area contributed by atoms with E-state index in [9.17, 15) is 4.79 Å². The second-order valence-corrected chi connectivity index (χ2v) is 8.41. The van der Waals surface area contributed by atoms with Crippen molar-refractivity contribution in [3.63, 3.8) is 0 Å². The molecule has 36 heavy (non-hydrogen) atoms. The van der Waals surface area contributed by atoms with E-state index in [4.69, 9.17) is 14.2 Å². The van der Waals surface area contributed by atoms with Gasteiger partial charge in [-0.05, 0) is 53.5 Å². The topological polar surface area (TPSA) is 57.1 Å². The van der Waals surface area contributed by atoms with Crippen LogP contribution in [0.1, 0.15) is 27.8 Å². The van der Waals surface area contributed by atoms with Crippen LogP contribution in [0.3, 0.4) is 0 Å². The molecule has 4 aromatic carbocycles. The Kier molecular flexibility index (Phi) is 6.90. The van der Waals surface area contributed by atoms with Crippen LogP contribution in [0, 0.1) is 6.92 Å². The van der Waals surface area contributed by atoms with Crippen LogP contribution < -0.4 is 9.47 Å². The first-order valence-corrected chi connectivity index (χ1v) is 11.7. The molecule has 1 aliphatic rings.